The van der Waals surface area contributed by atoms with E-state index in [0.717, 1.165) is 17.0 Å². The van der Waals surface area contributed by atoms with Crippen LogP contribution in [0, 0.1) is 25.5 Å². The number of halogens is 2. The van der Waals surface area contributed by atoms with E-state index in [1.807, 2.05) is 55.5 Å². The Labute approximate surface area is 182 Å². The van der Waals surface area contributed by atoms with Gasteiger partial charge in [0.1, 0.15) is 5.75 Å². The lowest BCUT2D eigenvalue weighted by Crippen LogP contribution is -2.04. The molecule has 5 aromatic rings. The third kappa shape index (κ3) is 3.39. The molecule has 0 aliphatic heterocycles. The maximum absolute atomic E-state index is 14.1. The van der Waals surface area contributed by atoms with E-state index in [9.17, 15) is 13.6 Å². The number of nitrogens with one attached hydrogen (secondary N) is 1. The van der Waals surface area contributed by atoms with Crippen molar-refractivity contribution in [1.29, 1.82) is 0 Å². The summed E-state index contributed by atoms with van der Waals surface area (Å²) in [6.45, 7) is 3.37. The number of H-pyrrole nitrogens is 1. The molecule has 0 aliphatic carbocycles. The minimum Gasteiger partial charge on any atom is -0.438 e. The standard InChI is InChI=1S/C26H18F2N2O2/c1-14-7-9-21-17(11-14)23(31)13-22(29-21)18-12-16-5-3-4-6-20(16)30-26(18)32-24-10-8-19(27)25(28)15(24)2/h3-13H,1-2H3,(H,29,31). The predicted octanol–water partition coefficient (Wildman–Crippen LogP) is 6.43. The first-order chi connectivity index (χ1) is 15.4. The largest absolute Gasteiger partial charge is 0.438 e. The average molecular weight is 428 g/mol. The van der Waals surface area contributed by atoms with E-state index in [1.165, 1.54) is 19.1 Å². The van der Waals surface area contributed by atoms with Crippen LogP contribution < -0.4 is 10.2 Å². The van der Waals surface area contributed by atoms with Crippen molar-refractivity contribution in [3.8, 4) is 22.9 Å². The third-order valence-corrected chi connectivity index (χ3v) is 5.46. The van der Waals surface area contributed by atoms with Gasteiger partial charge < -0.3 is 9.72 Å². The summed E-state index contributed by atoms with van der Waals surface area (Å²) < 4.78 is 33.7. The molecule has 0 bridgehead atoms. The summed E-state index contributed by atoms with van der Waals surface area (Å²) in [7, 11) is 0. The second-order valence-corrected chi connectivity index (χ2v) is 7.72. The highest BCUT2D eigenvalue weighted by atomic mass is 19.2. The molecular formula is C26H18F2N2O2. The van der Waals surface area contributed by atoms with Crippen LogP contribution in [-0.4, -0.2) is 9.97 Å². The molecule has 0 radical (unpaired) electrons. The van der Waals surface area contributed by atoms with Gasteiger partial charge in [0.05, 0.1) is 16.8 Å². The summed E-state index contributed by atoms with van der Waals surface area (Å²) in [4.78, 5) is 20.7. The minimum absolute atomic E-state index is 0.0355. The lowest BCUT2D eigenvalue weighted by atomic mass is 10.1. The highest BCUT2D eigenvalue weighted by Crippen LogP contribution is 2.35. The number of benzene rings is 3. The normalized spacial score (nSPS) is 11.2. The van der Waals surface area contributed by atoms with E-state index in [4.69, 9.17) is 4.74 Å². The number of aryl methyl sites for hydroxylation is 1. The molecule has 158 valence electrons. The van der Waals surface area contributed by atoms with Crippen LogP contribution in [-0.2, 0) is 0 Å². The Bertz CT molecular complexity index is 1570. The second kappa shape index (κ2) is 7.57. The number of nitrogens with zero attached hydrogens (tertiary/aromatic N) is 1. The molecule has 2 heterocycles. The van der Waals surface area contributed by atoms with Crippen LogP contribution in [0.2, 0.25) is 0 Å². The van der Waals surface area contributed by atoms with Crippen molar-refractivity contribution in [2.45, 2.75) is 13.8 Å². The first-order valence-electron chi connectivity index (χ1n) is 10.1. The zero-order chi connectivity index (χ0) is 22.4. The average Bonchev–Trinajstić information content (AvgIpc) is 2.79. The molecular weight excluding hydrogens is 410 g/mol. The number of rotatable bonds is 3. The molecule has 3 aromatic carbocycles. The van der Waals surface area contributed by atoms with Crippen LogP contribution in [0.4, 0.5) is 8.78 Å². The third-order valence-electron chi connectivity index (χ3n) is 5.46. The number of fused-ring (bicyclic) bond motifs is 2. The molecule has 0 amide bonds. The topological polar surface area (TPSA) is 55.0 Å². The Hall–Kier alpha value is -4.06. The molecule has 5 rings (SSSR count). The zero-order valence-electron chi connectivity index (χ0n) is 17.4. The molecule has 0 aliphatic rings. The lowest BCUT2D eigenvalue weighted by molar-refractivity contribution is 0.444. The molecule has 0 spiro atoms. The van der Waals surface area contributed by atoms with E-state index in [0.29, 0.717) is 27.7 Å². The Morgan fingerprint density at radius 3 is 2.59 bits per heavy atom. The maximum Gasteiger partial charge on any atom is 0.229 e. The van der Waals surface area contributed by atoms with E-state index in [2.05, 4.69) is 9.97 Å². The molecule has 1 N–H and O–H groups in total. The van der Waals surface area contributed by atoms with Gasteiger partial charge in [-0.15, -0.1) is 0 Å². The Balaban J connectivity index is 1.74. The van der Waals surface area contributed by atoms with Gasteiger partial charge in [0.25, 0.3) is 0 Å². The molecule has 0 saturated carbocycles. The Morgan fingerprint density at radius 2 is 1.75 bits per heavy atom. The molecule has 0 unspecified atom stereocenters. The number of hydrogen-bond donors (Lipinski definition) is 1. The summed E-state index contributed by atoms with van der Waals surface area (Å²) in [5.41, 5.74) is 3.29. The van der Waals surface area contributed by atoms with Crippen molar-refractivity contribution < 1.29 is 13.5 Å². The van der Waals surface area contributed by atoms with E-state index in [-0.39, 0.29) is 22.6 Å². The number of aromatic nitrogens is 2. The van der Waals surface area contributed by atoms with Gasteiger partial charge in [-0.3, -0.25) is 4.79 Å². The molecule has 0 fully saturated rings. The summed E-state index contributed by atoms with van der Waals surface area (Å²) in [5, 5.41) is 1.43. The van der Waals surface area contributed by atoms with Crippen LogP contribution in [0.15, 0.2) is 71.5 Å². The first-order valence-corrected chi connectivity index (χ1v) is 10.1. The van der Waals surface area contributed by atoms with Crippen LogP contribution in [0.25, 0.3) is 33.1 Å². The number of ether oxygens (including phenoxy) is 1. The van der Waals surface area contributed by atoms with Crippen LogP contribution in [0.5, 0.6) is 11.6 Å². The molecule has 2 aromatic heterocycles. The SMILES string of the molecule is Cc1ccc2[nH]c(-c3cc4ccccc4nc3Oc3ccc(F)c(F)c3C)cc(=O)c2c1. The van der Waals surface area contributed by atoms with Crippen molar-refractivity contribution in [3.05, 3.63) is 99.7 Å². The van der Waals surface area contributed by atoms with Gasteiger partial charge in [-0.2, -0.15) is 0 Å². The number of hydrogen-bond acceptors (Lipinski definition) is 3. The minimum atomic E-state index is -0.973. The van der Waals surface area contributed by atoms with Crippen molar-refractivity contribution in [1.82, 2.24) is 9.97 Å². The van der Waals surface area contributed by atoms with Crippen LogP contribution in [0.1, 0.15) is 11.1 Å². The quantitative estimate of drug-likeness (QED) is 0.360. The highest BCUT2D eigenvalue weighted by molar-refractivity contribution is 5.88. The van der Waals surface area contributed by atoms with Crippen LogP contribution in [0.3, 0.4) is 0 Å². The smallest absolute Gasteiger partial charge is 0.229 e. The molecule has 0 saturated heterocycles. The number of para-hydroxylation sites is 1. The first kappa shape index (κ1) is 19.9. The van der Waals surface area contributed by atoms with E-state index >= 15 is 0 Å². The van der Waals surface area contributed by atoms with Crippen molar-refractivity contribution in [2.75, 3.05) is 0 Å². The molecule has 6 heteroatoms. The van der Waals surface area contributed by atoms with Gasteiger partial charge in [0.15, 0.2) is 17.1 Å². The summed E-state index contributed by atoms with van der Waals surface area (Å²) in [6, 6.07) is 18.8. The Kier molecular flexibility index (Phi) is 4.70. The van der Waals surface area contributed by atoms with E-state index in [1.54, 1.807) is 0 Å². The summed E-state index contributed by atoms with van der Waals surface area (Å²) in [6.07, 6.45) is 0. The maximum atomic E-state index is 14.1. The fourth-order valence-corrected chi connectivity index (χ4v) is 3.72. The van der Waals surface area contributed by atoms with E-state index < -0.39 is 11.6 Å². The van der Waals surface area contributed by atoms with Crippen molar-refractivity contribution >= 4 is 21.8 Å². The predicted molar refractivity (Wildman–Crippen MR) is 121 cm³/mol. The lowest BCUT2D eigenvalue weighted by Gasteiger charge is -2.14. The van der Waals surface area contributed by atoms with Crippen molar-refractivity contribution in [2.24, 2.45) is 0 Å². The summed E-state index contributed by atoms with van der Waals surface area (Å²) in [5.74, 6) is -1.60. The fraction of sp³-hybridized carbons (Fsp3) is 0.0769. The number of pyridine rings is 2. The molecule has 4 nitrogen and oxygen atoms in total. The van der Waals surface area contributed by atoms with Gasteiger partial charge in [-0.1, -0.05) is 29.8 Å². The Morgan fingerprint density at radius 1 is 0.938 bits per heavy atom. The zero-order valence-corrected chi connectivity index (χ0v) is 17.4. The van der Waals surface area contributed by atoms with Gasteiger partial charge in [-0.25, -0.2) is 13.8 Å². The van der Waals surface area contributed by atoms with Crippen LogP contribution >= 0.6 is 0 Å². The summed E-state index contributed by atoms with van der Waals surface area (Å²) >= 11 is 0. The highest BCUT2D eigenvalue weighted by Gasteiger charge is 2.17. The number of aromatic amines is 1. The van der Waals surface area contributed by atoms with Gasteiger partial charge in [0.2, 0.25) is 5.88 Å². The fourth-order valence-electron chi connectivity index (χ4n) is 3.72. The molecule has 0 atom stereocenters. The van der Waals surface area contributed by atoms with Gasteiger partial charge in [-0.05, 0) is 50.2 Å². The molecule has 32 heavy (non-hydrogen) atoms. The second-order valence-electron chi connectivity index (χ2n) is 7.72. The van der Waals surface area contributed by atoms with Crippen molar-refractivity contribution in [3.63, 3.8) is 0 Å². The van der Waals surface area contributed by atoms with Gasteiger partial charge >= 0.3 is 0 Å². The monoisotopic (exact) mass is 428 g/mol. The van der Waals surface area contributed by atoms with Gasteiger partial charge in [0, 0.05) is 27.9 Å².